The molecule has 0 saturated carbocycles. The number of carbonyl (C=O) groups is 1. The fourth-order valence-electron chi connectivity index (χ4n) is 0.913. The number of hydrogen-bond donors (Lipinski definition) is 0. The maximum Gasteiger partial charge on any atom is 0.155 e. The summed E-state index contributed by atoms with van der Waals surface area (Å²) >= 11 is 0. The number of hydrogen-bond acceptors (Lipinski definition) is 2. The first-order chi connectivity index (χ1) is 6.69. The molecule has 0 spiro atoms. The van der Waals surface area contributed by atoms with Crippen LogP contribution in [0.25, 0.3) is 0 Å². The second kappa shape index (κ2) is 4.64. The molecule has 1 aromatic rings. The van der Waals surface area contributed by atoms with E-state index in [1.54, 1.807) is 0 Å². The number of halogens is 3. The van der Waals surface area contributed by atoms with Gasteiger partial charge in [0.2, 0.25) is 0 Å². The van der Waals surface area contributed by atoms with Crippen LogP contribution in [0.15, 0.2) is 12.1 Å². The maximum absolute atomic E-state index is 12.9. The third kappa shape index (κ3) is 2.25. The summed E-state index contributed by atoms with van der Waals surface area (Å²) in [5, 5.41) is 0. The molecule has 0 radical (unpaired) electrons. The van der Waals surface area contributed by atoms with Crippen molar-refractivity contribution in [2.24, 2.45) is 0 Å². The van der Waals surface area contributed by atoms with Gasteiger partial charge >= 0.3 is 0 Å². The first-order valence-corrected chi connectivity index (χ1v) is 3.82. The van der Waals surface area contributed by atoms with Gasteiger partial charge in [-0.1, -0.05) is 0 Å². The van der Waals surface area contributed by atoms with Crippen LogP contribution in [-0.2, 0) is 0 Å². The highest BCUT2D eigenvalue weighted by Crippen LogP contribution is 2.19. The van der Waals surface area contributed by atoms with E-state index in [0.717, 1.165) is 12.1 Å². The summed E-state index contributed by atoms with van der Waals surface area (Å²) < 4.78 is 42.1. The van der Waals surface area contributed by atoms with Gasteiger partial charge in [-0.3, -0.25) is 4.79 Å². The molecule has 0 N–H and O–H groups in total. The number of benzene rings is 1. The average Bonchev–Trinajstić information content (AvgIpc) is 2.14. The number of aldehydes is 1. The van der Waals surface area contributed by atoms with Gasteiger partial charge in [-0.05, 0) is 0 Å². The van der Waals surface area contributed by atoms with Crippen LogP contribution in [0.5, 0.6) is 5.75 Å². The lowest BCUT2D eigenvalue weighted by molar-refractivity contribution is 0.111. The van der Waals surface area contributed by atoms with Crippen molar-refractivity contribution < 1.29 is 22.7 Å². The lowest BCUT2D eigenvalue weighted by Gasteiger charge is -2.05. The Kier molecular flexibility index (Phi) is 3.50. The highest BCUT2D eigenvalue weighted by Gasteiger charge is 2.10. The van der Waals surface area contributed by atoms with Gasteiger partial charge in [-0.25, -0.2) is 13.2 Å². The van der Waals surface area contributed by atoms with Crippen LogP contribution in [0.3, 0.4) is 0 Å². The smallest absolute Gasteiger partial charge is 0.155 e. The molecule has 0 aliphatic heterocycles. The summed E-state index contributed by atoms with van der Waals surface area (Å²) in [7, 11) is 0. The predicted molar refractivity (Wildman–Crippen MR) is 43.2 cm³/mol. The molecular weight excluding hydrogens is 197 g/mol. The van der Waals surface area contributed by atoms with Gasteiger partial charge in [-0.15, -0.1) is 0 Å². The van der Waals surface area contributed by atoms with Crippen LogP contribution in [0, 0.1) is 11.6 Å². The van der Waals surface area contributed by atoms with Crippen molar-refractivity contribution in [2.45, 2.75) is 0 Å². The molecule has 76 valence electrons. The summed E-state index contributed by atoms with van der Waals surface area (Å²) in [5.74, 6) is -2.18. The van der Waals surface area contributed by atoms with E-state index in [-0.39, 0.29) is 18.6 Å². The van der Waals surface area contributed by atoms with E-state index in [0.29, 0.717) is 0 Å². The Morgan fingerprint density at radius 1 is 1.29 bits per heavy atom. The van der Waals surface area contributed by atoms with Crippen molar-refractivity contribution >= 4 is 6.29 Å². The molecule has 0 bridgehead atoms. The molecule has 2 nitrogen and oxygen atoms in total. The fourth-order valence-corrected chi connectivity index (χ4v) is 0.913. The van der Waals surface area contributed by atoms with E-state index in [4.69, 9.17) is 0 Å². The SMILES string of the molecule is O=Cc1c(F)cc(OCCF)cc1F. The van der Waals surface area contributed by atoms with Crippen molar-refractivity contribution in [2.75, 3.05) is 13.3 Å². The van der Waals surface area contributed by atoms with Crippen molar-refractivity contribution in [1.82, 2.24) is 0 Å². The molecule has 1 rings (SSSR count). The minimum absolute atomic E-state index is 0.0730. The molecule has 0 atom stereocenters. The Balaban J connectivity index is 2.95. The van der Waals surface area contributed by atoms with Gasteiger partial charge in [-0.2, -0.15) is 0 Å². The van der Waals surface area contributed by atoms with Gasteiger partial charge in [0.1, 0.15) is 30.7 Å². The molecule has 1 aromatic carbocycles. The normalized spacial score (nSPS) is 9.93. The van der Waals surface area contributed by atoms with E-state index in [1.165, 1.54) is 0 Å². The lowest BCUT2D eigenvalue weighted by atomic mass is 10.2. The quantitative estimate of drug-likeness (QED) is 0.702. The molecule has 0 saturated heterocycles. The zero-order chi connectivity index (χ0) is 10.6. The Hall–Kier alpha value is -1.52. The number of alkyl halides is 1. The summed E-state index contributed by atoms with van der Waals surface area (Å²) in [6, 6.07) is 1.67. The molecule has 0 aromatic heterocycles. The van der Waals surface area contributed by atoms with E-state index < -0.39 is 23.9 Å². The van der Waals surface area contributed by atoms with Crippen LogP contribution in [0.4, 0.5) is 13.2 Å². The van der Waals surface area contributed by atoms with Gasteiger partial charge in [0, 0.05) is 12.1 Å². The number of rotatable bonds is 4. The van der Waals surface area contributed by atoms with Crippen molar-refractivity contribution in [1.29, 1.82) is 0 Å². The van der Waals surface area contributed by atoms with Gasteiger partial charge < -0.3 is 4.74 Å². The molecule has 0 aliphatic rings. The highest BCUT2D eigenvalue weighted by atomic mass is 19.1. The molecule has 14 heavy (non-hydrogen) atoms. The van der Waals surface area contributed by atoms with Crippen LogP contribution >= 0.6 is 0 Å². The standard InChI is InChI=1S/C9H7F3O2/c10-1-2-14-6-3-8(11)7(5-13)9(12)4-6/h3-5H,1-2H2. The third-order valence-electron chi connectivity index (χ3n) is 1.52. The van der Waals surface area contributed by atoms with E-state index >= 15 is 0 Å². The molecule has 0 amide bonds. The fraction of sp³-hybridized carbons (Fsp3) is 0.222. The Bertz CT molecular complexity index is 316. The predicted octanol–water partition coefficient (Wildman–Crippen LogP) is 2.13. The molecule has 0 fully saturated rings. The summed E-state index contributed by atoms with van der Waals surface area (Å²) in [6.07, 6.45) is 0.0730. The van der Waals surface area contributed by atoms with Crippen LogP contribution in [0.1, 0.15) is 10.4 Å². The summed E-state index contributed by atoms with van der Waals surface area (Å²) in [6.45, 7) is -1.03. The summed E-state index contributed by atoms with van der Waals surface area (Å²) in [4.78, 5) is 10.2. The lowest BCUT2D eigenvalue weighted by Crippen LogP contribution is -2.01. The van der Waals surface area contributed by atoms with Gasteiger partial charge in [0.25, 0.3) is 0 Å². The monoisotopic (exact) mass is 204 g/mol. The Labute approximate surface area is 78.3 Å². The highest BCUT2D eigenvalue weighted by molar-refractivity contribution is 5.75. The second-order valence-corrected chi connectivity index (χ2v) is 2.46. The topological polar surface area (TPSA) is 26.3 Å². The van der Waals surface area contributed by atoms with Gasteiger partial charge in [0.15, 0.2) is 6.29 Å². The van der Waals surface area contributed by atoms with Crippen LogP contribution in [-0.4, -0.2) is 19.6 Å². The van der Waals surface area contributed by atoms with E-state index in [9.17, 15) is 18.0 Å². The molecule has 0 heterocycles. The first-order valence-electron chi connectivity index (χ1n) is 3.82. The van der Waals surface area contributed by atoms with Crippen LogP contribution < -0.4 is 4.74 Å². The minimum Gasteiger partial charge on any atom is -0.491 e. The largest absolute Gasteiger partial charge is 0.491 e. The second-order valence-electron chi connectivity index (χ2n) is 2.46. The zero-order valence-corrected chi connectivity index (χ0v) is 7.10. The van der Waals surface area contributed by atoms with Gasteiger partial charge in [0.05, 0.1) is 5.56 Å². The van der Waals surface area contributed by atoms with Crippen molar-refractivity contribution in [3.63, 3.8) is 0 Å². The molecular formula is C9H7F3O2. The Morgan fingerprint density at radius 3 is 2.29 bits per heavy atom. The zero-order valence-electron chi connectivity index (χ0n) is 7.10. The van der Waals surface area contributed by atoms with Crippen molar-refractivity contribution in [3.05, 3.63) is 29.3 Å². The minimum atomic E-state index is -1.02. The average molecular weight is 204 g/mol. The first kappa shape index (κ1) is 10.6. The number of carbonyl (C=O) groups excluding carboxylic acids is 1. The van der Waals surface area contributed by atoms with E-state index in [1.807, 2.05) is 0 Å². The Morgan fingerprint density at radius 2 is 1.86 bits per heavy atom. The van der Waals surface area contributed by atoms with E-state index in [2.05, 4.69) is 4.74 Å². The maximum atomic E-state index is 12.9. The molecule has 0 unspecified atom stereocenters. The van der Waals surface area contributed by atoms with Crippen molar-refractivity contribution in [3.8, 4) is 5.75 Å². The third-order valence-corrected chi connectivity index (χ3v) is 1.52. The number of ether oxygens (including phenoxy) is 1. The molecule has 5 heteroatoms. The molecule has 0 aliphatic carbocycles. The van der Waals surface area contributed by atoms with Crippen LogP contribution in [0.2, 0.25) is 0 Å². The summed E-state index contributed by atoms with van der Waals surface area (Å²) in [5.41, 5.74) is -0.655.